The molecule has 0 saturated heterocycles. The lowest BCUT2D eigenvalue weighted by molar-refractivity contribution is 0.194. The number of hydrogen-bond acceptors (Lipinski definition) is 2. The molecule has 1 N–H and O–H groups in total. The second-order valence-electron chi connectivity index (χ2n) is 2.20. The zero-order valence-electron chi connectivity index (χ0n) is 6.31. The maximum absolute atomic E-state index is 4.86. The van der Waals surface area contributed by atoms with Crippen molar-refractivity contribution in [2.24, 2.45) is 0 Å². The third-order valence-corrected chi connectivity index (χ3v) is 1.02. The molecule has 1 unspecified atom stereocenters. The van der Waals surface area contributed by atoms with Crippen molar-refractivity contribution in [2.45, 2.75) is 19.4 Å². The van der Waals surface area contributed by atoms with Gasteiger partial charge < -0.3 is 10.1 Å². The lowest BCUT2D eigenvalue weighted by Crippen LogP contribution is -2.24. The molecule has 0 bridgehead atoms. The first-order chi connectivity index (χ1) is 4.27. The molecule has 0 amide bonds. The van der Waals surface area contributed by atoms with Gasteiger partial charge in [0.1, 0.15) is 0 Å². The van der Waals surface area contributed by atoms with Crippen LogP contribution in [0.4, 0.5) is 0 Å². The molecule has 0 aliphatic heterocycles. The van der Waals surface area contributed by atoms with Crippen LogP contribution >= 0.6 is 0 Å². The molecular weight excluding hydrogens is 114 g/mol. The summed E-state index contributed by atoms with van der Waals surface area (Å²) in [5, 5.41) is 3.19. The van der Waals surface area contributed by atoms with Crippen molar-refractivity contribution in [3.05, 3.63) is 6.92 Å². The first-order valence-electron chi connectivity index (χ1n) is 3.32. The summed E-state index contributed by atoms with van der Waals surface area (Å²) in [6, 6.07) is 0.349. The van der Waals surface area contributed by atoms with Gasteiger partial charge >= 0.3 is 0 Å². The molecule has 1 atom stereocenters. The Morgan fingerprint density at radius 2 is 2.33 bits per heavy atom. The number of methoxy groups -OCH3 is 1. The second kappa shape index (κ2) is 6.05. The topological polar surface area (TPSA) is 21.3 Å². The van der Waals surface area contributed by atoms with E-state index in [4.69, 9.17) is 4.74 Å². The highest BCUT2D eigenvalue weighted by atomic mass is 16.5. The van der Waals surface area contributed by atoms with Gasteiger partial charge in [0.05, 0.1) is 0 Å². The lowest BCUT2D eigenvalue weighted by Gasteiger charge is -2.05. The summed E-state index contributed by atoms with van der Waals surface area (Å²) >= 11 is 0. The average molecular weight is 130 g/mol. The van der Waals surface area contributed by atoms with E-state index in [0.29, 0.717) is 6.04 Å². The zero-order chi connectivity index (χ0) is 7.11. The lowest BCUT2D eigenvalue weighted by atomic mass is 10.3. The van der Waals surface area contributed by atoms with Gasteiger partial charge in [-0.05, 0) is 26.8 Å². The van der Waals surface area contributed by atoms with Gasteiger partial charge in [0.2, 0.25) is 0 Å². The second-order valence-corrected chi connectivity index (χ2v) is 2.20. The fourth-order valence-electron chi connectivity index (χ4n) is 0.565. The number of nitrogens with one attached hydrogen (secondary N) is 1. The molecule has 2 nitrogen and oxygen atoms in total. The fourth-order valence-corrected chi connectivity index (χ4v) is 0.565. The number of rotatable bonds is 5. The van der Waals surface area contributed by atoms with Crippen LogP contribution in [0.2, 0.25) is 0 Å². The molecule has 0 rings (SSSR count). The first kappa shape index (κ1) is 8.92. The van der Waals surface area contributed by atoms with E-state index < -0.39 is 0 Å². The first-order valence-corrected chi connectivity index (χ1v) is 3.32. The molecule has 0 heterocycles. The van der Waals surface area contributed by atoms with E-state index in [-0.39, 0.29) is 0 Å². The summed E-state index contributed by atoms with van der Waals surface area (Å²) < 4.78 is 4.86. The molecule has 0 saturated carbocycles. The highest BCUT2D eigenvalue weighted by Gasteiger charge is 1.89. The molecule has 0 aliphatic rings. The van der Waals surface area contributed by atoms with Gasteiger partial charge in [0.15, 0.2) is 0 Å². The van der Waals surface area contributed by atoms with Crippen molar-refractivity contribution in [2.75, 3.05) is 20.3 Å². The highest BCUT2D eigenvalue weighted by molar-refractivity contribution is 4.60. The third-order valence-electron chi connectivity index (χ3n) is 1.02. The van der Waals surface area contributed by atoms with E-state index in [1.165, 1.54) is 0 Å². The van der Waals surface area contributed by atoms with E-state index in [2.05, 4.69) is 12.2 Å². The Labute approximate surface area is 57.6 Å². The Hall–Kier alpha value is -0.0800. The van der Waals surface area contributed by atoms with E-state index >= 15 is 0 Å². The van der Waals surface area contributed by atoms with Crippen LogP contribution < -0.4 is 5.32 Å². The van der Waals surface area contributed by atoms with Crippen molar-refractivity contribution < 1.29 is 4.74 Å². The van der Waals surface area contributed by atoms with Gasteiger partial charge in [-0.1, -0.05) is 0 Å². The quantitative estimate of drug-likeness (QED) is 0.557. The average Bonchev–Trinajstić information content (AvgIpc) is 1.80. The predicted molar refractivity (Wildman–Crippen MR) is 39.3 cm³/mol. The van der Waals surface area contributed by atoms with Gasteiger partial charge in [0.25, 0.3) is 0 Å². The van der Waals surface area contributed by atoms with Gasteiger partial charge in [-0.25, -0.2) is 0 Å². The molecule has 0 aromatic heterocycles. The van der Waals surface area contributed by atoms with Crippen LogP contribution in [0, 0.1) is 6.92 Å². The molecule has 1 radical (unpaired) electrons. The molecule has 2 heteroatoms. The van der Waals surface area contributed by atoms with Crippen LogP contribution in [0.25, 0.3) is 0 Å². The van der Waals surface area contributed by atoms with E-state index in [1.54, 1.807) is 7.11 Å². The van der Waals surface area contributed by atoms with Crippen molar-refractivity contribution in [3.8, 4) is 0 Å². The molecule has 0 aromatic rings. The standard InChI is InChI=1S/C7H16NO/c1-7(2)8-5-4-6-9-3/h7-8H,1,4-6H2,2-3H3. The van der Waals surface area contributed by atoms with Gasteiger partial charge in [-0.3, -0.25) is 0 Å². The maximum atomic E-state index is 4.86. The monoisotopic (exact) mass is 130 g/mol. The summed E-state index contributed by atoms with van der Waals surface area (Å²) in [6.07, 6.45) is 1.07. The van der Waals surface area contributed by atoms with Crippen LogP contribution in [0.5, 0.6) is 0 Å². The molecule has 0 aromatic carbocycles. The van der Waals surface area contributed by atoms with Crippen LogP contribution in [-0.2, 0) is 4.74 Å². The molecule has 0 spiro atoms. The van der Waals surface area contributed by atoms with Crippen LogP contribution in [0.1, 0.15) is 13.3 Å². The van der Waals surface area contributed by atoms with E-state index in [1.807, 2.05) is 6.92 Å². The summed E-state index contributed by atoms with van der Waals surface area (Å²) in [4.78, 5) is 0. The van der Waals surface area contributed by atoms with Crippen molar-refractivity contribution in [3.63, 3.8) is 0 Å². The van der Waals surface area contributed by atoms with Crippen molar-refractivity contribution >= 4 is 0 Å². The van der Waals surface area contributed by atoms with Crippen LogP contribution in [-0.4, -0.2) is 26.3 Å². The number of hydrogen-bond donors (Lipinski definition) is 1. The van der Waals surface area contributed by atoms with E-state index in [9.17, 15) is 0 Å². The Balaban J connectivity index is 2.75. The largest absolute Gasteiger partial charge is 0.385 e. The summed E-state index contributed by atoms with van der Waals surface area (Å²) in [5.41, 5.74) is 0. The highest BCUT2D eigenvalue weighted by Crippen LogP contribution is 1.79. The molecule has 55 valence electrons. The minimum absolute atomic E-state index is 0.349. The summed E-state index contributed by atoms with van der Waals surface area (Å²) in [7, 11) is 1.72. The zero-order valence-corrected chi connectivity index (χ0v) is 6.31. The SMILES string of the molecule is [CH2]C(C)NCCCOC. The Morgan fingerprint density at radius 1 is 1.67 bits per heavy atom. The Kier molecular flexibility index (Phi) is 5.99. The summed E-state index contributed by atoms with van der Waals surface area (Å²) in [5.74, 6) is 0. The molecular formula is C7H16NO. The van der Waals surface area contributed by atoms with Crippen LogP contribution in [0.15, 0.2) is 0 Å². The smallest absolute Gasteiger partial charge is 0.0474 e. The molecule has 9 heavy (non-hydrogen) atoms. The molecule has 0 fully saturated rings. The van der Waals surface area contributed by atoms with Gasteiger partial charge in [-0.2, -0.15) is 0 Å². The maximum Gasteiger partial charge on any atom is 0.0474 e. The number of ether oxygens (including phenoxy) is 1. The Morgan fingerprint density at radius 3 is 2.78 bits per heavy atom. The fraction of sp³-hybridized carbons (Fsp3) is 0.857. The van der Waals surface area contributed by atoms with E-state index in [0.717, 1.165) is 19.6 Å². The van der Waals surface area contributed by atoms with Gasteiger partial charge in [0, 0.05) is 19.8 Å². The minimum atomic E-state index is 0.349. The van der Waals surface area contributed by atoms with Crippen molar-refractivity contribution in [1.82, 2.24) is 5.32 Å². The van der Waals surface area contributed by atoms with Crippen LogP contribution in [0.3, 0.4) is 0 Å². The third kappa shape index (κ3) is 7.92. The normalized spacial score (nSPS) is 10.7. The minimum Gasteiger partial charge on any atom is -0.385 e. The summed E-state index contributed by atoms with van der Waals surface area (Å²) in [6.45, 7) is 7.65. The predicted octanol–water partition coefficient (Wildman–Crippen LogP) is 0.835. The molecule has 0 aliphatic carbocycles. The van der Waals surface area contributed by atoms with Gasteiger partial charge in [-0.15, -0.1) is 0 Å². The Bertz CT molecular complexity index is 54.9. The van der Waals surface area contributed by atoms with Crippen molar-refractivity contribution in [1.29, 1.82) is 0 Å².